The molecule has 0 aromatic heterocycles. The van der Waals surface area contributed by atoms with E-state index in [4.69, 9.17) is 0 Å². The number of benzene rings is 1. The van der Waals surface area contributed by atoms with Crippen molar-refractivity contribution >= 4 is 28.2 Å². The van der Waals surface area contributed by atoms with Crippen LogP contribution in [0.15, 0.2) is 40.8 Å². The van der Waals surface area contributed by atoms with Gasteiger partial charge in [-0.2, -0.15) is 0 Å². The normalized spacial score (nSPS) is 14.7. The molecule has 2 rings (SSSR count). The van der Waals surface area contributed by atoms with E-state index in [0.29, 0.717) is 12.1 Å². The van der Waals surface area contributed by atoms with Crippen molar-refractivity contribution in [3.8, 4) is 0 Å². The summed E-state index contributed by atoms with van der Waals surface area (Å²) in [5.41, 5.74) is 1.69. The predicted octanol–water partition coefficient (Wildman–Crippen LogP) is 1.55. The van der Waals surface area contributed by atoms with Crippen LogP contribution in [0.1, 0.15) is 23.7 Å². The first-order valence-electron chi connectivity index (χ1n) is 7.02. The number of halogens is 1. The Morgan fingerprint density at radius 3 is 2.50 bits per heavy atom. The highest BCUT2D eigenvalue weighted by Crippen LogP contribution is 2.12. The van der Waals surface area contributed by atoms with E-state index in [0.717, 1.165) is 19.5 Å². The standard InChI is InChI=1S/C15H20N2O3S.ClH/c1-2-21(19,20)14-5-3-13(4-6-14)15(18)17-11-12-7-9-16-10-8-12;/h3-7,16H,2,8-11H2,1H3,(H,17,18);1H. The summed E-state index contributed by atoms with van der Waals surface area (Å²) in [5, 5.41) is 6.07. The second kappa shape index (κ2) is 8.31. The van der Waals surface area contributed by atoms with Crippen molar-refractivity contribution in [1.82, 2.24) is 10.6 Å². The van der Waals surface area contributed by atoms with Crippen LogP contribution < -0.4 is 10.6 Å². The van der Waals surface area contributed by atoms with Gasteiger partial charge in [-0.15, -0.1) is 12.4 Å². The van der Waals surface area contributed by atoms with Gasteiger partial charge in [0.05, 0.1) is 10.6 Å². The Hall–Kier alpha value is -1.37. The van der Waals surface area contributed by atoms with Gasteiger partial charge in [0.15, 0.2) is 9.84 Å². The molecule has 22 heavy (non-hydrogen) atoms. The molecule has 1 aromatic carbocycles. The molecule has 0 bridgehead atoms. The van der Waals surface area contributed by atoms with Gasteiger partial charge in [0.1, 0.15) is 0 Å². The summed E-state index contributed by atoms with van der Waals surface area (Å²) in [4.78, 5) is 12.3. The van der Waals surface area contributed by atoms with Crippen LogP contribution in [0.25, 0.3) is 0 Å². The van der Waals surface area contributed by atoms with E-state index in [-0.39, 0.29) is 29.0 Å². The summed E-state index contributed by atoms with van der Waals surface area (Å²) in [6.45, 7) is 3.91. The van der Waals surface area contributed by atoms with Crippen molar-refractivity contribution < 1.29 is 13.2 Å². The highest BCUT2D eigenvalue weighted by molar-refractivity contribution is 7.91. The van der Waals surface area contributed by atoms with Crippen molar-refractivity contribution in [1.29, 1.82) is 0 Å². The lowest BCUT2D eigenvalue weighted by Crippen LogP contribution is -2.29. The van der Waals surface area contributed by atoms with Crippen LogP contribution in [0.3, 0.4) is 0 Å². The van der Waals surface area contributed by atoms with E-state index in [1.807, 2.05) is 0 Å². The highest BCUT2D eigenvalue weighted by atomic mass is 35.5. The largest absolute Gasteiger partial charge is 0.348 e. The number of carbonyl (C=O) groups excluding carboxylic acids is 1. The van der Waals surface area contributed by atoms with Gasteiger partial charge in [0.25, 0.3) is 5.91 Å². The van der Waals surface area contributed by atoms with Gasteiger partial charge in [-0.3, -0.25) is 4.79 Å². The van der Waals surface area contributed by atoms with Gasteiger partial charge >= 0.3 is 0 Å². The Morgan fingerprint density at radius 1 is 1.27 bits per heavy atom. The third kappa shape index (κ3) is 4.83. The van der Waals surface area contributed by atoms with Gasteiger partial charge in [0, 0.05) is 18.7 Å². The van der Waals surface area contributed by atoms with Crippen LogP contribution in [-0.4, -0.2) is 39.7 Å². The predicted molar refractivity (Wildman–Crippen MR) is 89.3 cm³/mol. The maximum absolute atomic E-state index is 12.0. The second-order valence-corrected chi connectivity index (χ2v) is 7.21. The minimum absolute atomic E-state index is 0. The summed E-state index contributed by atoms with van der Waals surface area (Å²) in [6.07, 6.45) is 3.02. The molecule has 5 nitrogen and oxygen atoms in total. The molecule has 1 aliphatic heterocycles. The summed E-state index contributed by atoms with van der Waals surface area (Å²) in [7, 11) is -3.22. The molecule has 0 saturated heterocycles. The summed E-state index contributed by atoms with van der Waals surface area (Å²) >= 11 is 0. The third-order valence-corrected chi connectivity index (χ3v) is 5.24. The lowest BCUT2D eigenvalue weighted by Gasteiger charge is -2.14. The van der Waals surface area contributed by atoms with Gasteiger partial charge in [-0.1, -0.05) is 18.6 Å². The van der Waals surface area contributed by atoms with Gasteiger partial charge in [-0.05, 0) is 37.2 Å². The van der Waals surface area contributed by atoms with Crippen LogP contribution in [0, 0.1) is 0 Å². The molecule has 1 aliphatic rings. The van der Waals surface area contributed by atoms with E-state index in [1.54, 1.807) is 19.1 Å². The Balaban J connectivity index is 0.00000242. The highest BCUT2D eigenvalue weighted by Gasteiger charge is 2.13. The maximum Gasteiger partial charge on any atom is 0.251 e. The molecular formula is C15H21ClN2O3S. The van der Waals surface area contributed by atoms with E-state index in [2.05, 4.69) is 16.7 Å². The topological polar surface area (TPSA) is 75.3 Å². The van der Waals surface area contributed by atoms with Crippen molar-refractivity contribution in [2.24, 2.45) is 0 Å². The van der Waals surface area contributed by atoms with Crippen molar-refractivity contribution in [2.75, 3.05) is 25.4 Å². The lowest BCUT2D eigenvalue weighted by atomic mass is 10.1. The van der Waals surface area contributed by atoms with Crippen LogP contribution in [-0.2, 0) is 9.84 Å². The van der Waals surface area contributed by atoms with Gasteiger partial charge < -0.3 is 10.6 Å². The van der Waals surface area contributed by atoms with E-state index in [1.165, 1.54) is 17.7 Å². The molecule has 0 radical (unpaired) electrons. The van der Waals surface area contributed by atoms with E-state index >= 15 is 0 Å². The fourth-order valence-electron chi connectivity index (χ4n) is 2.11. The number of amides is 1. The zero-order chi connectivity index (χ0) is 15.3. The monoisotopic (exact) mass is 344 g/mol. The SMILES string of the molecule is CCS(=O)(=O)c1ccc(C(=O)NCC2=CCNCC2)cc1.Cl. The minimum atomic E-state index is -3.22. The average Bonchev–Trinajstić information content (AvgIpc) is 2.53. The molecule has 1 aromatic rings. The summed E-state index contributed by atoms with van der Waals surface area (Å²) in [6, 6.07) is 6.07. The summed E-state index contributed by atoms with van der Waals surface area (Å²) < 4.78 is 23.4. The molecule has 1 amide bonds. The summed E-state index contributed by atoms with van der Waals surface area (Å²) in [5.74, 6) is -0.129. The first-order chi connectivity index (χ1) is 10.0. The molecule has 0 fully saturated rings. The molecule has 0 atom stereocenters. The van der Waals surface area contributed by atoms with Crippen LogP contribution in [0.2, 0.25) is 0 Å². The van der Waals surface area contributed by atoms with Crippen LogP contribution >= 0.6 is 12.4 Å². The molecule has 7 heteroatoms. The molecule has 0 saturated carbocycles. The molecule has 0 unspecified atom stereocenters. The molecule has 122 valence electrons. The second-order valence-electron chi connectivity index (χ2n) is 4.93. The van der Waals surface area contributed by atoms with Gasteiger partial charge in [-0.25, -0.2) is 8.42 Å². The van der Waals surface area contributed by atoms with Crippen molar-refractivity contribution in [3.05, 3.63) is 41.5 Å². The minimum Gasteiger partial charge on any atom is -0.348 e. The number of carbonyl (C=O) groups is 1. The van der Waals surface area contributed by atoms with Gasteiger partial charge in [0.2, 0.25) is 0 Å². The number of hydrogen-bond donors (Lipinski definition) is 2. The van der Waals surface area contributed by atoms with Crippen LogP contribution in [0.5, 0.6) is 0 Å². The van der Waals surface area contributed by atoms with E-state index in [9.17, 15) is 13.2 Å². The van der Waals surface area contributed by atoms with Crippen LogP contribution in [0.4, 0.5) is 0 Å². The number of sulfone groups is 1. The zero-order valence-electron chi connectivity index (χ0n) is 12.5. The fraction of sp³-hybridized carbons (Fsp3) is 0.400. The maximum atomic E-state index is 12.0. The van der Waals surface area contributed by atoms with Crippen molar-refractivity contribution in [2.45, 2.75) is 18.2 Å². The van der Waals surface area contributed by atoms with E-state index < -0.39 is 9.84 Å². The Labute approximate surface area is 137 Å². The Bertz CT molecular complexity index is 639. The first kappa shape index (κ1) is 18.7. The first-order valence-corrected chi connectivity index (χ1v) is 8.68. The smallest absolute Gasteiger partial charge is 0.251 e. The fourth-order valence-corrected chi connectivity index (χ4v) is 2.99. The Morgan fingerprint density at radius 2 is 1.95 bits per heavy atom. The molecule has 0 spiro atoms. The molecular weight excluding hydrogens is 324 g/mol. The quantitative estimate of drug-likeness (QED) is 0.795. The Kier molecular flexibility index (Phi) is 7.06. The number of hydrogen-bond acceptors (Lipinski definition) is 4. The zero-order valence-corrected chi connectivity index (χ0v) is 14.1. The molecule has 0 aliphatic carbocycles. The third-order valence-electron chi connectivity index (χ3n) is 3.49. The molecule has 2 N–H and O–H groups in total. The number of nitrogens with one attached hydrogen (secondary N) is 2. The lowest BCUT2D eigenvalue weighted by molar-refractivity contribution is 0.0956. The average molecular weight is 345 g/mol. The number of rotatable bonds is 5. The van der Waals surface area contributed by atoms with Crippen molar-refractivity contribution in [3.63, 3.8) is 0 Å². The molecule has 1 heterocycles.